The molecule has 5 rings (SSSR count). The first kappa shape index (κ1) is 25.3. The Morgan fingerprint density at radius 1 is 0.973 bits per heavy atom. The fourth-order valence-electron chi connectivity index (χ4n) is 4.77. The van der Waals surface area contributed by atoms with E-state index >= 15 is 0 Å². The van der Waals surface area contributed by atoms with Crippen LogP contribution in [0.5, 0.6) is 17.2 Å². The van der Waals surface area contributed by atoms with Crippen molar-refractivity contribution < 1.29 is 40.6 Å². The molecular weight excluding hydrogens is 516 g/mol. The van der Waals surface area contributed by atoms with Crippen LogP contribution >= 0.6 is 0 Å². The van der Waals surface area contributed by atoms with E-state index in [9.17, 15) is 31.1 Å². The molecule has 1 fully saturated rings. The summed E-state index contributed by atoms with van der Waals surface area (Å²) < 4.78 is 89.6. The Kier molecular flexibility index (Phi) is 6.50. The second-order valence-electron chi connectivity index (χ2n) is 8.79. The molecule has 0 unspecified atom stereocenters. The lowest BCUT2D eigenvalue weighted by Crippen LogP contribution is -2.56. The average Bonchev–Trinajstić information content (AvgIpc) is 2.83. The minimum atomic E-state index is -4.90. The summed E-state index contributed by atoms with van der Waals surface area (Å²) in [5.41, 5.74) is 1.01. The highest BCUT2D eigenvalue weighted by Crippen LogP contribution is 2.49. The van der Waals surface area contributed by atoms with Crippen LogP contribution in [0.15, 0.2) is 71.6 Å². The number of alkyl halides is 3. The summed E-state index contributed by atoms with van der Waals surface area (Å²) in [5, 5.41) is 11.3. The molecule has 1 aliphatic heterocycles. The van der Waals surface area contributed by atoms with Crippen molar-refractivity contribution in [2.75, 3.05) is 4.90 Å². The molecule has 0 radical (unpaired) electrons. The van der Waals surface area contributed by atoms with Gasteiger partial charge in [0.05, 0.1) is 34.5 Å². The largest absolute Gasteiger partial charge is 0.573 e. The summed E-state index contributed by atoms with van der Waals surface area (Å²) in [5.74, 6) is -0.137. The van der Waals surface area contributed by atoms with Gasteiger partial charge >= 0.3 is 6.36 Å². The van der Waals surface area contributed by atoms with E-state index in [1.165, 1.54) is 18.2 Å². The van der Waals surface area contributed by atoms with Gasteiger partial charge in [0.1, 0.15) is 11.6 Å². The zero-order valence-electron chi connectivity index (χ0n) is 19.2. The van der Waals surface area contributed by atoms with Gasteiger partial charge in [0, 0.05) is 6.07 Å². The van der Waals surface area contributed by atoms with Crippen molar-refractivity contribution in [2.24, 2.45) is 0 Å². The third-order valence-electron chi connectivity index (χ3n) is 6.35. The molecule has 1 heterocycles. The maximum absolute atomic E-state index is 14.2. The Bertz CT molecular complexity index is 1400. The number of para-hydroxylation sites is 2. The van der Waals surface area contributed by atoms with Crippen molar-refractivity contribution in [1.82, 2.24) is 4.72 Å². The molecule has 37 heavy (non-hydrogen) atoms. The maximum atomic E-state index is 14.2. The predicted octanol–water partition coefficient (Wildman–Crippen LogP) is 5.23. The lowest BCUT2D eigenvalue weighted by Gasteiger charge is -2.44. The highest BCUT2D eigenvalue weighted by atomic mass is 32.2. The molecule has 0 amide bonds. The third-order valence-corrected chi connectivity index (χ3v) is 7.86. The molecule has 0 aromatic heterocycles. The first-order valence-electron chi connectivity index (χ1n) is 11.4. The number of benzene rings is 3. The van der Waals surface area contributed by atoms with E-state index in [1.807, 2.05) is 0 Å². The highest BCUT2D eigenvalue weighted by molar-refractivity contribution is 7.89. The van der Waals surface area contributed by atoms with Crippen LogP contribution in [0.4, 0.5) is 28.9 Å². The summed E-state index contributed by atoms with van der Waals surface area (Å²) in [4.78, 5) is 1.49. The molecule has 3 aromatic carbocycles. The minimum absolute atomic E-state index is 0.277. The fraction of sp³-hybridized carbons (Fsp3) is 0.280. The molecule has 1 saturated carbocycles. The third kappa shape index (κ3) is 5.22. The van der Waals surface area contributed by atoms with Crippen molar-refractivity contribution >= 4 is 21.4 Å². The summed E-state index contributed by atoms with van der Waals surface area (Å²) in [6.07, 6.45) is -4.73. The second kappa shape index (κ2) is 9.51. The molecule has 1 aliphatic carbocycles. The Hall–Kier alpha value is -3.35. The van der Waals surface area contributed by atoms with E-state index in [1.54, 1.807) is 29.2 Å². The van der Waals surface area contributed by atoms with Crippen molar-refractivity contribution in [3.05, 3.63) is 72.5 Å². The van der Waals surface area contributed by atoms with Crippen LogP contribution in [0.3, 0.4) is 0 Å². The molecule has 196 valence electrons. The average molecular weight is 539 g/mol. The molecule has 0 spiro atoms. The number of fused-ring (bicyclic) bond motifs is 2. The zero-order chi connectivity index (χ0) is 26.4. The molecule has 12 heteroatoms. The first-order valence-corrected chi connectivity index (χ1v) is 12.9. The maximum Gasteiger partial charge on any atom is 0.573 e. The van der Waals surface area contributed by atoms with Crippen molar-refractivity contribution in [3.8, 4) is 17.2 Å². The van der Waals surface area contributed by atoms with E-state index < -0.39 is 46.1 Å². The number of sulfonamides is 1. The predicted molar refractivity (Wildman–Crippen MR) is 126 cm³/mol. The number of aliphatic hydroxyl groups is 1. The van der Waals surface area contributed by atoms with E-state index in [0.717, 1.165) is 24.3 Å². The zero-order valence-corrected chi connectivity index (χ0v) is 20.0. The summed E-state index contributed by atoms with van der Waals surface area (Å²) >= 11 is 0. The van der Waals surface area contributed by atoms with Gasteiger partial charge in [-0.2, -0.15) is 0 Å². The normalized spacial score (nSPS) is 21.5. The van der Waals surface area contributed by atoms with Crippen LogP contribution in [0.25, 0.3) is 0 Å². The molecule has 2 N–H and O–H groups in total. The SMILES string of the molecule is O=S(=O)(N[C@@H]1CCC[C@H](N2c3ccccc3Oc3ccc(F)cc32)[C@H]1O)c1ccc(OC(F)(F)F)cc1. The standard InChI is InChI=1S/C25H22F4N2O5S/c26-15-8-13-23-21(14-15)31(19-5-1-2-7-22(19)35-23)20-6-3-4-18(24(20)32)30-37(33,34)17-11-9-16(10-12-17)36-25(27,28)29/h1-2,5,7-14,18,20,24,30,32H,3-4,6H2/t18-,20+,24+/m1/s1. The molecule has 0 bridgehead atoms. The van der Waals surface area contributed by atoms with E-state index in [0.29, 0.717) is 42.1 Å². The van der Waals surface area contributed by atoms with Crippen LogP contribution in [-0.2, 0) is 10.0 Å². The quantitative estimate of drug-likeness (QED) is 0.433. The monoisotopic (exact) mass is 538 g/mol. The van der Waals surface area contributed by atoms with Crippen LogP contribution in [0, 0.1) is 5.82 Å². The molecule has 3 aromatic rings. The summed E-state index contributed by atoms with van der Waals surface area (Å²) in [6.45, 7) is 0. The number of aliphatic hydroxyl groups excluding tert-OH is 1. The van der Waals surface area contributed by atoms with Crippen LogP contribution in [0.2, 0.25) is 0 Å². The lowest BCUT2D eigenvalue weighted by atomic mass is 9.86. The number of hydrogen-bond acceptors (Lipinski definition) is 6. The highest BCUT2D eigenvalue weighted by Gasteiger charge is 2.41. The van der Waals surface area contributed by atoms with Crippen LogP contribution < -0.4 is 19.1 Å². The molecule has 2 aliphatic rings. The number of ether oxygens (including phenoxy) is 2. The molecule has 7 nitrogen and oxygen atoms in total. The first-order chi connectivity index (χ1) is 17.5. The van der Waals surface area contributed by atoms with E-state index in [2.05, 4.69) is 9.46 Å². The van der Waals surface area contributed by atoms with Crippen molar-refractivity contribution in [1.29, 1.82) is 0 Å². The summed E-state index contributed by atoms with van der Waals surface area (Å²) in [6, 6.07) is 13.4. The van der Waals surface area contributed by atoms with Gasteiger partial charge in [-0.1, -0.05) is 12.1 Å². The smallest absolute Gasteiger partial charge is 0.453 e. The van der Waals surface area contributed by atoms with Gasteiger partial charge < -0.3 is 19.5 Å². The second-order valence-corrected chi connectivity index (χ2v) is 10.5. The number of nitrogens with one attached hydrogen (secondary N) is 1. The minimum Gasteiger partial charge on any atom is -0.453 e. The Balaban J connectivity index is 1.41. The number of hydrogen-bond donors (Lipinski definition) is 2. The van der Waals surface area contributed by atoms with Gasteiger partial charge in [0.15, 0.2) is 11.5 Å². The number of anilines is 2. The van der Waals surface area contributed by atoms with Crippen LogP contribution in [-0.4, -0.2) is 38.1 Å². The fourth-order valence-corrected chi connectivity index (χ4v) is 6.05. The Morgan fingerprint density at radius 2 is 1.68 bits per heavy atom. The van der Waals surface area contributed by atoms with Crippen molar-refractivity contribution in [2.45, 2.75) is 48.7 Å². The Morgan fingerprint density at radius 3 is 2.41 bits per heavy atom. The van der Waals surface area contributed by atoms with Crippen molar-refractivity contribution in [3.63, 3.8) is 0 Å². The van der Waals surface area contributed by atoms with Gasteiger partial charge in [-0.05, 0) is 67.8 Å². The number of halogens is 4. The topological polar surface area (TPSA) is 88.1 Å². The van der Waals surface area contributed by atoms with Gasteiger partial charge in [0.25, 0.3) is 0 Å². The van der Waals surface area contributed by atoms with E-state index in [4.69, 9.17) is 4.74 Å². The van der Waals surface area contributed by atoms with Crippen LogP contribution in [0.1, 0.15) is 19.3 Å². The number of rotatable bonds is 5. The molecular formula is C25H22F4N2O5S. The van der Waals surface area contributed by atoms with Gasteiger partial charge in [-0.15, -0.1) is 13.2 Å². The molecule has 3 atom stereocenters. The van der Waals surface area contributed by atoms with Gasteiger partial charge in [-0.3, -0.25) is 0 Å². The lowest BCUT2D eigenvalue weighted by molar-refractivity contribution is -0.274. The van der Waals surface area contributed by atoms with E-state index in [-0.39, 0.29) is 4.90 Å². The van der Waals surface area contributed by atoms with Gasteiger partial charge in [-0.25, -0.2) is 17.5 Å². The van der Waals surface area contributed by atoms with Gasteiger partial charge in [0.2, 0.25) is 10.0 Å². The number of nitrogens with zero attached hydrogens (tertiary/aromatic N) is 1. The molecule has 0 saturated heterocycles. The summed E-state index contributed by atoms with van der Waals surface area (Å²) in [7, 11) is -4.19. The Labute approximate surface area is 210 Å².